The molecule has 3 rings (SSSR count). The second kappa shape index (κ2) is 6.12. The van der Waals surface area contributed by atoms with Gasteiger partial charge in [-0.3, -0.25) is 0 Å². The van der Waals surface area contributed by atoms with Crippen molar-refractivity contribution in [2.75, 3.05) is 26.2 Å². The van der Waals surface area contributed by atoms with E-state index in [0.717, 1.165) is 30.8 Å². The molecule has 0 aromatic carbocycles. The smallest absolute Gasteiger partial charge is 0.177 e. The Morgan fingerprint density at radius 3 is 3.00 bits per heavy atom. The molecule has 19 heavy (non-hydrogen) atoms. The Labute approximate surface area is 113 Å². The van der Waals surface area contributed by atoms with Gasteiger partial charge in [0.05, 0.1) is 11.8 Å². The monoisotopic (exact) mass is 259 g/mol. The Morgan fingerprint density at radius 1 is 1.21 bits per heavy atom. The van der Waals surface area contributed by atoms with Crippen LogP contribution in [-0.2, 0) is 6.54 Å². The Hall–Kier alpha value is -1.46. The van der Waals surface area contributed by atoms with E-state index < -0.39 is 0 Å². The number of rotatable bonds is 5. The predicted molar refractivity (Wildman–Crippen MR) is 75.9 cm³/mol. The first-order valence-electron chi connectivity index (χ1n) is 7.13. The van der Waals surface area contributed by atoms with Crippen LogP contribution < -0.4 is 5.32 Å². The summed E-state index contributed by atoms with van der Waals surface area (Å²) in [5, 5.41) is 3.51. The van der Waals surface area contributed by atoms with Crippen molar-refractivity contribution in [2.24, 2.45) is 0 Å². The van der Waals surface area contributed by atoms with Crippen molar-refractivity contribution in [3.8, 4) is 0 Å². The van der Waals surface area contributed by atoms with E-state index in [2.05, 4.69) is 31.2 Å². The zero-order chi connectivity index (χ0) is 12.9. The van der Waals surface area contributed by atoms with Gasteiger partial charge >= 0.3 is 0 Å². The van der Waals surface area contributed by atoms with Crippen molar-refractivity contribution >= 4 is 11.2 Å². The second-order valence-electron chi connectivity index (χ2n) is 5.15. The molecule has 5 nitrogen and oxygen atoms in total. The van der Waals surface area contributed by atoms with E-state index in [-0.39, 0.29) is 0 Å². The molecule has 0 aliphatic carbocycles. The zero-order valence-corrected chi connectivity index (χ0v) is 11.2. The summed E-state index contributed by atoms with van der Waals surface area (Å²) in [5.41, 5.74) is 3.09. The average molecular weight is 259 g/mol. The van der Waals surface area contributed by atoms with E-state index in [1.54, 1.807) is 6.33 Å². The lowest BCUT2D eigenvalue weighted by Crippen LogP contribution is -2.35. The van der Waals surface area contributed by atoms with Crippen LogP contribution in [0.15, 0.2) is 18.6 Å². The number of imidazole rings is 1. The Morgan fingerprint density at radius 2 is 2.11 bits per heavy atom. The molecule has 1 aliphatic heterocycles. The molecule has 0 spiro atoms. The van der Waals surface area contributed by atoms with Crippen molar-refractivity contribution in [1.82, 2.24) is 25.2 Å². The first-order valence-corrected chi connectivity index (χ1v) is 7.13. The molecule has 2 aromatic heterocycles. The van der Waals surface area contributed by atoms with Gasteiger partial charge < -0.3 is 15.2 Å². The van der Waals surface area contributed by atoms with E-state index in [4.69, 9.17) is 0 Å². The third kappa shape index (κ3) is 3.11. The second-order valence-corrected chi connectivity index (χ2v) is 5.15. The third-order valence-corrected chi connectivity index (χ3v) is 3.78. The highest BCUT2D eigenvalue weighted by molar-refractivity contribution is 5.73. The summed E-state index contributed by atoms with van der Waals surface area (Å²) in [6.07, 6.45) is 7.65. The van der Waals surface area contributed by atoms with Crippen LogP contribution in [-0.4, -0.2) is 46.0 Å². The fraction of sp³-hybridized carbons (Fsp3) is 0.571. The van der Waals surface area contributed by atoms with Crippen LogP contribution in [0.25, 0.3) is 11.2 Å². The standard InChI is InChI=1S/C14H21N5/c1-2-7-19(8-3-1)9-6-15-10-12-4-5-16-14-13(12)17-11-18-14/h4-5,11,15H,1-3,6-10H2,(H,16,17,18). The van der Waals surface area contributed by atoms with Crippen LogP contribution >= 0.6 is 0 Å². The van der Waals surface area contributed by atoms with Crippen LogP contribution in [0.5, 0.6) is 0 Å². The summed E-state index contributed by atoms with van der Waals surface area (Å²) in [7, 11) is 0. The van der Waals surface area contributed by atoms with Gasteiger partial charge in [-0.15, -0.1) is 0 Å². The van der Waals surface area contributed by atoms with Gasteiger partial charge in [-0.05, 0) is 37.6 Å². The summed E-state index contributed by atoms with van der Waals surface area (Å²) in [5.74, 6) is 0. The van der Waals surface area contributed by atoms with Crippen molar-refractivity contribution in [3.05, 3.63) is 24.2 Å². The van der Waals surface area contributed by atoms with E-state index in [1.807, 2.05) is 6.20 Å². The minimum Gasteiger partial charge on any atom is -0.343 e. The lowest BCUT2D eigenvalue weighted by atomic mass is 10.1. The molecule has 0 saturated carbocycles. The molecule has 1 fully saturated rings. The van der Waals surface area contributed by atoms with E-state index in [0.29, 0.717) is 0 Å². The fourth-order valence-electron chi connectivity index (χ4n) is 2.69. The topological polar surface area (TPSA) is 56.8 Å². The summed E-state index contributed by atoms with van der Waals surface area (Å²) >= 11 is 0. The largest absolute Gasteiger partial charge is 0.343 e. The lowest BCUT2D eigenvalue weighted by molar-refractivity contribution is 0.229. The number of piperidine rings is 1. The number of fused-ring (bicyclic) bond motifs is 1. The first-order chi connectivity index (χ1) is 9.43. The molecule has 2 N–H and O–H groups in total. The summed E-state index contributed by atoms with van der Waals surface area (Å²) in [6.45, 7) is 5.59. The summed E-state index contributed by atoms with van der Waals surface area (Å²) in [4.78, 5) is 14.1. The highest BCUT2D eigenvalue weighted by Crippen LogP contribution is 2.11. The minimum atomic E-state index is 0.801. The van der Waals surface area contributed by atoms with Crippen LogP contribution in [0.1, 0.15) is 24.8 Å². The van der Waals surface area contributed by atoms with Gasteiger partial charge in [0.1, 0.15) is 0 Å². The molecule has 0 bridgehead atoms. The molecule has 0 amide bonds. The number of nitrogens with zero attached hydrogens (tertiary/aromatic N) is 3. The van der Waals surface area contributed by atoms with Crippen LogP contribution in [0.2, 0.25) is 0 Å². The van der Waals surface area contributed by atoms with E-state index >= 15 is 0 Å². The van der Waals surface area contributed by atoms with Crippen LogP contribution in [0, 0.1) is 0 Å². The molecule has 0 radical (unpaired) electrons. The zero-order valence-electron chi connectivity index (χ0n) is 11.2. The first kappa shape index (κ1) is 12.6. The maximum atomic E-state index is 4.23. The van der Waals surface area contributed by atoms with Crippen molar-refractivity contribution in [2.45, 2.75) is 25.8 Å². The van der Waals surface area contributed by atoms with Gasteiger partial charge in [-0.1, -0.05) is 6.42 Å². The Bertz CT molecular complexity index is 515. The highest BCUT2D eigenvalue weighted by Gasteiger charge is 2.09. The van der Waals surface area contributed by atoms with Gasteiger partial charge in [0.2, 0.25) is 0 Å². The predicted octanol–water partition coefficient (Wildman–Crippen LogP) is 1.53. The van der Waals surface area contributed by atoms with Gasteiger partial charge in [-0.2, -0.15) is 0 Å². The molecule has 1 saturated heterocycles. The molecular formula is C14H21N5. The molecule has 1 aliphatic rings. The molecule has 0 unspecified atom stereocenters. The van der Waals surface area contributed by atoms with Crippen LogP contribution in [0.4, 0.5) is 0 Å². The molecule has 0 atom stereocenters. The van der Waals surface area contributed by atoms with Gasteiger partial charge in [0, 0.05) is 25.8 Å². The Kier molecular flexibility index (Phi) is 4.05. The van der Waals surface area contributed by atoms with Gasteiger partial charge in [0.15, 0.2) is 5.65 Å². The van der Waals surface area contributed by atoms with Crippen molar-refractivity contribution in [3.63, 3.8) is 0 Å². The maximum Gasteiger partial charge on any atom is 0.177 e. The Balaban J connectivity index is 1.48. The number of hydrogen-bond acceptors (Lipinski definition) is 4. The quantitative estimate of drug-likeness (QED) is 0.800. The van der Waals surface area contributed by atoms with Crippen molar-refractivity contribution < 1.29 is 0 Å². The number of aromatic nitrogens is 3. The summed E-state index contributed by atoms with van der Waals surface area (Å²) in [6, 6.07) is 2.05. The number of H-pyrrole nitrogens is 1. The molecule has 2 aromatic rings. The highest BCUT2D eigenvalue weighted by atomic mass is 15.1. The number of pyridine rings is 1. The average Bonchev–Trinajstić information content (AvgIpc) is 2.94. The van der Waals surface area contributed by atoms with Crippen molar-refractivity contribution in [1.29, 1.82) is 0 Å². The van der Waals surface area contributed by atoms with Gasteiger partial charge in [-0.25, -0.2) is 9.97 Å². The summed E-state index contributed by atoms with van der Waals surface area (Å²) < 4.78 is 0. The fourth-order valence-corrected chi connectivity index (χ4v) is 2.69. The van der Waals surface area contributed by atoms with Gasteiger partial charge in [0.25, 0.3) is 0 Å². The molecule has 102 valence electrons. The molecule has 3 heterocycles. The number of nitrogens with one attached hydrogen (secondary N) is 2. The number of aromatic amines is 1. The van der Waals surface area contributed by atoms with E-state index in [1.165, 1.54) is 37.9 Å². The number of likely N-dealkylation sites (tertiary alicyclic amines) is 1. The normalized spacial score (nSPS) is 17.1. The maximum absolute atomic E-state index is 4.23. The minimum absolute atomic E-state index is 0.801. The SMILES string of the molecule is c1cc(CNCCN2CCCCC2)c2[nH]cnc2n1. The van der Waals surface area contributed by atoms with Crippen LogP contribution in [0.3, 0.4) is 0 Å². The molecule has 5 heteroatoms. The number of hydrogen-bond donors (Lipinski definition) is 2. The van der Waals surface area contributed by atoms with E-state index in [9.17, 15) is 0 Å². The lowest BCUT2D eigenvalue weighted by Gasteiger charge is -2.26. The molecular weight excluding hydrogens is 238 g/mol. The third-order valence-electron chi connectivity index (χ3n) is 3.78.